The predicted molar refractivity (Wildman–Crippen MR) is 156 cm³/mol. The van der Waals surface area contributed by atoms with Crippen molar-refractivity contribution in [2.45, 2.75) is 33.6 Å². The van der Waals surface area contributed by atoms with Crippen LogP contribution in [0, 0.1) is 6.92 Å². The summed E-state index contributed by atoms with van der Waals surface area (Å²) in [4.78, 5) is 54.3. The number of carbonyl (C=O) groups excluding carboxylic acids is 4. The zero-order chi connectivity index (χ0) is 28.8. The minimum Gasteiger partial charge on any atom is -0.462 e. The topological polar surface area (TPSA) is 96.0 Å². The molecule has 1 aliphatic rings. The highest BCUT2D eigenvalue weighted by atomic mass is 35.5. The van der Waals surface area contributed by atoms with Crippen LogP contribution in [0.4, 0.5) is 17.1 Å². The average Bonchev–Trinajstić information content (AvgIpc) is 3.16. The van der Waals surface area contributed by atoms with Crippen LogP contribution in [0.2, 0.25) is 0 Å². The SMILES string of the molecule is CCCCOC(=O)c1ccc(N2C(=O)C(Cl)=C(Nc3cccc(C(=O)N(CC)c4cccc(C)c4)c3)C2=O)cc1. The molecule has 3 aromatic carbocycles. The van der Waals surface area contributed by atoms with Crippen molar-refractivity contribution in [3.8, 4) is 0 Å². The maximum atomic E-state index is 13.3. The summed E-state index contributed by atoms with van der Waals surface area (Å²) in [6, 6.07) is 20.3. The van der Waals surface area contributed by atoms with E-state index in [4.69, 9.17) is 16.3 Å². The maximum absolute atomic E-state index is 13.3. The van der Waals surface area contributed by atoms with Gasteiger partial charge < -0.3 is 15.0 Å². The van der Waals surface area contributed by atoms with E-state index in [0.717, 1.165) is 29.0 Å². The number of amides is 3. The van der Waals surface area contributed by atoms with E-state index in [1.54, 1.807) is 29.2 Å². The summed E-state index contributed by atoms with van der Waals surface area (Å²) < 4.78 is 5.20. The monoisotopic (exact) mass is 559 g/mol. The molecule has 0 atom stereocenters. The van der Waals surface area contributed by atoms with Gasteiger partial charge in [0.05, 0.1) is 17.9 Å². The molecule has 9 heteroatoms. The highest BCUT2D eigenvalue weighted by Gasteiger charge is 2.39. The number of carbonyl (C=O) groups is 4. The van der Waals surface area contributed by atoms with Gasteiger partial charge in [-0.2, -0.15) is 0 Å². The number of esters is 1. The Kier molecular flexibility index (Phi) is 9.01. The van der Waals surface area contributed by atoms with Crippen LogP contribution in [0.1, 0.15) is 53.0 Å². The maximum Gasteiger partial charge on any atom is 0.338 e. The minimum atomic E-state index is -0.698. The number of imide groups is 1. The van der Waals surface area contributed by atoms with Gasteiger partial charge in [-0.3, -0.25) is 14.4 Å². The van der Waals surface area contributed by atoms with Crippen LogP contribution in [-0.4, -0.2) is 36.8 Å². The van der Waals surface area contributed by atoms with E-state index in [1.807, 2.05) is 45.0 Å². The van der Waals surface area contributed by atoms with Gasteiger partial charge in [0, 0.05) is 23.5 Å². The molecule has 40 heavy (non-hydrogen) atoms. The van der Waals surface area contributed by atoms with E-state index in [9.17, 15) is 19.2 Å². The van der Waals surface area contributed by atoms with Crippen molar-refractivity contribution in [2.75, 3.05) is 28.3 Å². The Balaban J connectivity index is 1.50. The molecule has 0 saturated carbocycles. The fraction of sp³-hybridized carbons (Fsp3) is 0.226. The van der Waals surface area contributed by atoms with Crippen molar-refractivity contribution in [1.29, 1.82) is 0 Å². The lowest BCUT2D eigenvalue weighted by atomic mass is 10.1. The van der Waals surface area contributed by atoms with Crippen LogP contribution >= 0.6 is 11.6 Å². The van der Waals surface area contributed by atoms with Gasteiger partial charge in [0.2, 0.25) is 0 Å². The first-order chi connectivity index (χ1) is 19.2. The average molecular weight is 560 g/mol. The number of halogens is 1. The Morgan fingerprint density at radius 2 is 1.65 bits per heavy atom. The molecule has 3 amide bonds. The highest BCUT2D eigenvalue weighted by Crippen LogP contribution is 2.31. The molecule has 4 rings (SSSR count). The number of anilines is 3. The second-order valence-corrected chi connectivity index (χ2v) is 9.64. The van der Waals surface area contributed by atoms with Gasteiger partial charge in [-0.1, -0.05) is 43.1 Å². The van der Waals surface area contributed by atoms with Crippen molar-refractivity contribution in [3.63, 3.8) is 0 Å². The zero-order valence-electron chi connectivity index (χ0n) is 22.6. The second kappa shape index (κ2) is 12.6. The third-order valence-electron chi connectivity index (χ3n) is 6.37. The molecule has 1 aliphatic heterocycles. The molecule has 206 valence electrons. The lowest BCUT2D eigenvalue weighted by molar-refractivity contribution is -0.120. The van der Waals surface area contributed by atoms with Crippen molar-refractivity contribution < 1.29 is 23.9 Å². The lowest BCUT2D eigenvalue weighted by Crippen LogP contribution is -2.32. The summed E-state index contributed by atoms with van der Waals surface area (Å²) in [5, 5.41) is 2.64. The van der Waals surface area contributed by atoms with Gasteiger partial charge in [-0.25, -0.2) is 9.69 Å². The number of hydrogen-bond donors (Lipinski definition) is 1. The van der Waals surface area contributed by atoms with Crippen LogP contribution in [0.25, 0.3) is 0 Å². The normalized spacial score (nSPS) is 13.1. The van der Waals surface area contributed by atoms with Gasteiger partial charge in [-0.15, -0.1) is 0 Å². The molecule has 0 bridgehead atoms. The number of rotatable bonds is 10. The molecule has 1 N–H and O–H groups in total. The summed E-state index contributed by atoms with van der Waals surface area (Å²) in [5.74, 6) is -2.03. The molecule has 0 spiro atoms. The third kappa shape index (κ3) is 6.07. The van der Waals surface area contributed by atoms with E-state index in [-0.39, 0.29) is 22.3 Å². The summed E-state index contributed by atoms with van der Waals surface area (Å²) in [6.07, 6.45) is 1.67. The molecule has 8 nitrogen and oxygen atoms in total. The quantitative estimate of drug-likeness (QED) is 0.184. The fourth-order valence-corrected chi connectivity index (χ4v) is 4.47. The molecule has 3 aromatic rings. The summed E-state index contributed by atoms with van der Waals surface area (Å²) in [5.41, 5.74) is 3.11. The first kappa shape index (κ1) is 28.6. The standard InChI is InChI=1S/C31H30ClN3O5/c1-4-6-17-40-31(39)21-13-15-24(16-14-21)35-29(37)26(32)27(30(35)38)33-23-11-8-10-22(19-23)28(36)34(5-2)25-12-7-9-20(3)18-25/h7-16,18-19,33H,4-6,17H2,1-3H3. The van der Waals surface area contributed by atoms with E-state index < -0.39 is 17.8 Å². The molecule has 0 aliphatic carbocycles. The number of ether oxygens (including phenoxy) is 1. The van der Waals surface area contributed by atoms with E-state index in [0.29, 0.717) is 30.0 Å². The Morgan fingerprint density at radius 1 is 0.925 bits per heavy atom. The lowest BCUT2D eigenvalue weighted by Gasteiger charge is -2.22. The van der Waals surface area contributed by atoms with E-state index in [2.05, 4.69) is 5.32 Å². The van der Waals surface area contributed by atoms with Gasteiger partial charge in [0.25, 0.3) is 17.7 Å². The molecule has 0 saturated heterocycles. The van der Waals surface area contributed by atoms with Gasteiger partial charge in [-0.05, 0) is 80.4 Å². The number of unbranched alkanes of at least 4 members (excludes halogenated alkanes) is 1. The Labute approximate surface area is 238 Å². The predicted octanol–water partition coefficient (Wildman–Crippen LogP) is 6.05. The van der Waals surface area contributed by atoms with E-state index >= 15 is 0 Å². The van der Waals surface area contributed by atoms with Crippen molar-refractivity contribution in [1.82, 2.24) is 0 Å². The zero-order valence-corrected chi connectivity index (χ0v) is 23.3. The molecule has 0 radical (unpaired) electrons. The van der Waals surface area contributed by atoms with Crippen LogP contribution in [0.15, 0.2) is 83.5 Å². The van der Waals surface area contributed by atoms with Gasteiger partial charge in [0.15, 0.2) is 0 Å². The molecule has 0 unspecified atom stereocenters. The Bertz CT molecular complexity index is 1480. The Morgan fingerprint density at radius 3 is 2.33 bits per heavy atom. The van der Waals surface area contributed by atoms with Gasteiger partial charge >= 0.3 is 5.97 Å². The largest absolute Gasteiger partial charge is 0.462 e. The number of nitrogens with one attached hydrogen (secondary N) is 1. The minimum absolute atomic E-state index is 0.106. The molecule has 0 aromatic heterocycles. The summed E-state index contributed by atoms with van der Waals surface area (Å²) in [6.45, 7) is 6.64. The van der Waals surface area contributed by atoms with Crippen LogP contribution in [-0.2, 0) is 14.3 Å². The van der Waals surface area contributed by atoms with Gasteiger partial charge in [0.1, 0.15) is 10.7 Å². The first-order valence-corrected chi connectivity index (χ1v) is 13.4. The number of hydrogen-bond acceptors (Lipinski definition) is 6. The van der Waals surface area contributed by atoms with Crippen LogP contribution < -0.4 is 15.1 Å². The number of nitrogens with zero attached hydrogens (tertiary/aromatic N) is 2. The van der Waals surface area contributed by atoms with Crippen molar-refractivity contribution in [3.05, 3.63) is 100 Å². The first-order valence-electron chi connectivity index (χ1n) is 13.1. The number of aryl methyl sites for hydroxylation is 1. The fourth-order valence-electron chi connectivity index (χ4n) is 4.25. The Hall–Kier alpha value is -4.43. The summed E-state index contributed by atoms with van der Waals surface area (Å²) >= 11 is 6.30. The highest BCUT2D eigenvalue weighted by molar-refractivity contribution is 6.53. The van der Waals surface area contributed by atoms with Crippen molar-refractivity contribution in [2.24, 2.45) is 0 Å². The summed E-state index contributed by atoms with van der Waals surface area (Å²) in [7, 11) is 0. The van der Waals surface area contributed by atoms with Crippen LogP contribution in [0.3, 0.4) is 0 Å². The third-order valence-corrected chi connectivity index (χ3v) is 6.72. The molecule has 0 fully saturated rings. The second-order valence-electron chi connectivity index (χ2n) is 9.27. The smallest absolute Gasteiger partial charge is 0.338 e. The molecular weight excluding hydrogens is 530 g/mol. The molecular formula is C31H30ClN3O5. The molecule has 1 heterocycles. The van der Waals surface area contributed by atoms with E-state index in [1.165, 1.54) is 24.3 Å². The van der Waals surface area contributed by atoms with Crippen molar-refractivity contribution >= 4 is 52.4 Å². The van der Waals surface area contributed by atoms with Crippen LogP contribution in [0.5, 0.6) is 0 Å². The number of benzene rings is 3.